The number of halogens is 1. The topological polar surface area (TPSA) is 79.3 Å². The molecule has 1 atom stereocenters. The van der Waals surface area contributed by atoms with E-state index in [4.69, 9.17) is 23.8 Å². The van der Waals surface area contributed by atoms with Crippen molar-refractivity contribution in [3.63, 3.8) is 0 Å². The molecule has 0 amide bonds. The van der Waals surface area contributed by atoms with Crippen molar-refractivity contribution in [2.75, 3.05) is 23.5 Å². The van der Waals surface area contributed by atoms with E-state index in [-0.39, 0.29) is 16.8 Å². The van der Waals surface area contributed by atoms with Crippen LogP contribution in [0.2, 0.25) is 5.15 Å². The number of aromatic nitrogens is 3. The summed E-state index contributed by atoms with van der Waals surface area (Å²) in [4.78, 5) is 2.26. The van der Waals surface area contributed by atoms with Crippen molar-refractivity contribution in [3.8, 4) is 5.69 Å². The highest BCUT2D eigenvalue weighted by molar-refractivity contribution is 7.90. The number of thiocarbonyl (C=S) groups is 1. The lowest BCUT2D eigenvalue weighted by Crippen LogP contribution is -2.36. The van der Waals surface area contributed by atoms with E-state index in [1.807, 2.05) is 6.92 Å². The third-order valence-corrected chi connectivity index (χ3v) is 5.53. The second-order valence-corrected chi connectivity index (χ2v) is 8.73. The number of anilines is 1. The summed E-state index contributed by atoms with van der Waals surface area (Å²) >= 11 is 11.7. The first kappa shape index (κ1) is 19.6. The molecule has 0 bridgehead atoms. The van der Waals surface area contributed by atoms with Gasteiger partial charge in [0, 0.05) is 29.5 Å². The van der Waals surface area contributed by atoms with Crippen molar-refractivity contribution in [3.05, 3.63) is 35.9 Å². The van der Waals surface area contributed by atoms with Crippen LogP contribution in [0.5, 0.6) is 0 Å². The molecule has 0 aliphatic heterocycles. The fourth-order valence-corrected chi connectivity index (χ4v) is 4.20. The van der Waals surface area contributed by atoms with Crippen LogP contribution in [0.3, 0.4) is 0 Å². The summed E-state index contributed by atoms with van der Waals surface area (Å²) in [5, 5.41) is 14.0. The van der Waals surface area contributed by atoms with Crippen molar-refractivity contribution in [1.82, 2.24) is 9.78 Å². The van der Waals surface area contributed by atoms with Gasteiger partial charge in [-0.05, 0) is 13.0 Å². The van der Waals surface area contributed by atoms with Crippen molar-refractivity contribution < 1.29 is 18.4 Å². The van der Waals surface area contributed by atoms with E-state index in [9.17, 15) is 13.6 Å². The molecule has 2 aromatic rings. The molecule has 0 fully saturated rings. The van der Waals surface area contributed by atoms with Crippen LogP contribution in [0.4, 0.5) is 5.69 Å². The quantitative estimate of drug-likeness (QED) is 0.450. The zero-order valence-electron chi connectivity index (χ0n) is 14.1. The Balaban J connectivity index is 2.34. The van der Waals surface area contributed by atoms with Gasteiger partial charge in [0.15, 0.2) is 5.15 Å². The Bertz CT molecular complexity index is 883. The normalized spacial score (nSPS) is 12.8. The molecule has 0 spiro atoms. The van der Waals surface area contributed by atoms with E-state index in [1.54, 1.807) is 30.2 Å². The fraction of sp³-hybridized carbons (Fsp3) is 0.400. The zero-order chi connectivity index (χ0) is 18.8. The lowest BCUT2D eigenvalue weighted by Gasteiger charge is -2.26. The third-order valence-electron chi connectivity index (χ3n) is 3.53. The predicted octanol–water partition coefficient (Wildman–Crippen LogP) is 1.88. The maximum absolute atomic E-state index is 11.5. The number of hydrogen-bond donors (Lipinski definition) is 1. The van der Waals surface area contributed by atoms with E-state index >= 15 is 0 Å². The summed E-state index contributed by atoms with van der Waals surface area (Å²) in [6.45, 7) is 4.20. The Morgan fingerprint density at radius 2 is 2.24 bits per heavy atom. The molecule has 2 heterocycles. The number of nitrogens with zero attached hydrogens (tertiary/aromatic N) is 4. The predicted molar refractivity (Wildman–Crippen MR) is 100 cm³/mol. The van der Waals surface area contributed by atoms with Gasteiger partial charge in [-0.3, -0.25) is 5.21 Å². The second-order valence-electron chi connectivity index (χ2n) is 5.77. The van der Waals surface area contributed by atoms with Crippen molar-refractivity contribution in [2.45, 2.75) is 13.8 Å². The van der Waals surface area contributed by atoms with Crippen LogP contribution in [-0.2, 0) is 9.84 Å². The largest absolute Gasteiger partial charge is 0.332 e. The Hall–Kier alpha value is -1.71. The van der Waals surface area contributed by atoms with Crippen LogP contribution < -0.4 is 9.63 Å². The van der Waals surface area contributed by atoms with E-state index in [0.29, 0.717) is 22.9 Å². The summed E-state index contributed by atoms with van der Waals surface area (Å²) in [5.74, 6) is -0.363. The molecule has 1 unspecified atom stereocenters. The molecule has 7 nitrogen and oxygen atoms in total. The van der Waals surface area contributed by atoms with Gasteiger partial charge in [-0.2, -0.15) is 5.10 Å². The van der Waals surface area contributed by atoms with Gasteiger partial charge >= 0.3 is 0 Å². The molecule has 0 saturated carbocycles. The molecule has 1 N–H and O–H groups in total. The maximum Gasteiger partial charge on any atom is 0.247 e. The minimum absolute atomic E-state index is 0.0305. The van der Waals surface area contributed by atoms with Crippen molar-refractivity contribution >= 4 is 44.3 Å². The highest BCUT2D eigenvalue weighted by Gasteiger charge is 2.24. The van der Waals surface area contributed by atoms with Gasteiger partial charge in [0.05, 0.1) is 22.6 Å². The first-order valence-electron chi connectivity index (χ1n) is 7.57. The fourth-order valence-electron chi connectivity index (χ4n) is 2.48. The van der Waals surface area contributed by atoms with Gasteiger partial charge < -0.3 is 4.90 Å². The second kappa shape index (κ2) is 7.67. The summed E-state index contributed by atoms with van der Waals surface area (Å²) in [5.41, 5.74) is 1.20. The maximum atomic E-state index is 11.5. The molecular weight excluding hydrogens is 384 g/mol. The Morgan fingerprint density at radius 1 is 1.56 bits per heavy atom. The summed E-state index contributed by atoms with van der Waals surface area (Å²) in [7, 11) is -3.14. The van der Waals surface area contributed by atoms with Crippen LogP contribution in [0.1, 0.15) is 13.8 Å². The molecule has 0 saturated heterocycles. The standard InChI is InChI=1S/C15H20ClN4O3S2/c1-4-19(15(24)11(2)10-25(3,22)23)13-9-20(17-14(13)16)12-6-5-7-18(21)8-12/h5-9,11,21H,4,10H2,1-3H3/q+1. The minimum atomic E-state index is -3.14. The first-order chi connectivity index (χ1) is 11.6. The molecule has 10 heteroatoms. The first-order valence-corrected chi connectivity index (χ1v) is 10.4. The zero-order valence-corrected chi connectivity index (χ0v) is 16.5. The molecular formula is C15H20ClN4O3S2+. The SMILES string of the molecule is CCN(C(=S)C(C)CS(C)(=O)=O)c1cn(-c2ccc[n+](O)c2)nc1Cl. The smallest absolute Gasteiger partial charge is 0.247 e. The minimum Gasteiger partial charge on any atom is -0.332 e. The van der Waals surface area contributed by atoms with Gasteiger partial charge in [-0.15, -0.1) is 0 Å². The van der Waals surface area contributed by atoms with Crippen LogP contribution >= 0.6 is 23.8 Å². The van der Waals surface area contributed by atoms with Crippen LogP contribution in [0.15, 0.2) is 30.7 Å². The van der Waals surface area contributed by atoms with Crippen molar-refractivity contribution in [1.29, 1.82) is 0 Å². The molecule has 2 aromatic heterocycles. The number of sulfone groups is 1. The highest BCUT2D eigenvalue weighted by atomic mass is 35.5. The Kier molecular flexibility index (Phi) is 6.02. The molecule has 0 aromatic carbocycles. The van der Waals surface area contributed by atoms with E-state index in [0.717, 1.165) is 4.73 Å². The van der Waals surface area contributed by atoms with Crippen molar-refractivity contribution in [2.24, 2.45) is 5.92 Å². The monoisotopic (exact) mass is 403 g/mol. The Morgan fingerprint density at radius 3 is 2.80 bits per heavy atom. The average molecular weight is 404 g/mol. The van der Waals surface area contributed by atoms with Crippen LogP contribution in [0, 0.1) is 5.92 Å². The number of pyridine rings is 1. The number of hydrogen-bond acceptors (Lipinski definition) is 5. The molecule has 2 rings (SSSR count). The molecule has 25 heavy (non-hydrogen) atoms. The summed E-state index contributed by atoms with van der Waals surface area (Å²) < 4.78 is 25.5. The molecule has 0 radical (unpaired) electrons. The molecule has 0 aliphatic carbocycles. The van der Waals surface area contributed by atoms with Crippen LogP contribution in [-0.4, -0.2) is 46.9 Å². The third kappa shape index (κ3) is 4.90. The lowest BCUT2D eigenvalue weighted by atomic mass is 10.2. The van der Waals surface area contributed by atoms with Gasteiger partial charge in [0.2, 0.25) is 12.4 Å². The van der Waals surface area contributed by atoms with Crippen LogP contribution in [0.25, 0.3) is 5.69 Å². The lowest BCUT2D eigenvalue weighted by molar-refractivity contribution is -0.904. The van der Waals surface area contributed by atoms with E-state index in [1.165, 1.54) is 23.3 Å². The molecule has 136 valence electrons. The van der Waals surface area contributed by atoms with Gasteiger partial charge in [-0.25, -0.2) is 13.1 Å². The summed E-state index contributed by atoms with van der Waals surface area (Å²) in [6.07, 6.45) is 5.84. The van der Waals surface area contributed by atoms with Gasteiger partial charge in [0.1, 0.15) is 15.5 Å². The van der Waals surface area contributed by atoms with E-state index in [2.05, 4.69) is 5.10 Å². The van der Waals surface area contributed by atoms with Gasteiger partial charge in [-0.1, -0.05) is 30.7 Å². The average Bonchev–Trinajstić information content (AvgIpc) is 2.88. The summed E-state index contributed by atoms with van der Waals surface area (Å²) in [6, 6.07) is 3.43. The Labute approximate surface area is 157 Å². The highest BCUT2D eigenvalue weighted by Crippen LogP contribution is 2.27. The van der Waals surface area contributed by atoms with Gasteiger partial charge in [0.25, 0.3) is 0 Å². The molecule has 0 aliphatic rings. The number of rotatable bonds is 6. The van der Waals surface area contributed by atoms with E-state index < -0.39 is 9.84 Å².